The third-order valence-electron chi connectivity index (χ3n) is 1.87. The monoisotopic (exact) mass is 279 g/mol. The molecule has 0 bridgehead atoms. The lowest BCUT2D eigenvalue weighted by Crippen LogP contribution is -2.21. The van der Waals surface area contributed by atoms with Gasteiger partial charge in [-0.05, 0) is 26.4 Å². The van der Waals surface area contributed by atoms with Gasteiger partial charge in [0.1, 0.15) is 9.84 Å². The minimum Gasteiger partial charge on any atom is -0.303 e. The van der Waals surface area contributed by atoms with Crippen LogP contribution in [0.25, 0.3) is 0 Å². The van der Waals surface area contributed by atoms with E-state index in [4.69, 9.17) is 0 Å². The summed E-state index contributed by atoms with van der Waals surface area (Å²) in [5.74, 6) is 0.287. The number of hydrogen-bond acceptors (Lipinski definition) is 3. The zero-order valence-corrected chi connectivity index (χ0v) is 14.2. The summed E-state index contributed by atoms with van der Waals surface area (Å²) in [4.78, 5) is 2.12. The molecule has 0 amide bonds. The maximum atomic E-state index is 10.8. The van der Waals surface area contributed by atoms with Gasteiger partial charge in [0.15, 0.2) is 0 Å². The quantitative estimate of drug-likeness (QED) is 0.671. The predicted octanol–water partition coefficient (Wildman–Crippen LogP) is 3.37. The van der Waals surface area contributed by atoms with Gasteiger partial charge in [0, 0.05) is 12.8 Å². The molecule has 0 aliphatic carbocycles. The highest BCUT2D eigenvalue weighted by Gasteiger charge is 2.02. The van der Waals surface area contributed by atoms with E-state index in [9.17, 15) is 8.42 Å². The number of nitrogens with zero attached hydrogens (tertiary/aromatic N) is 1. The summed E-state index contributed by atoms with van der Waals surface area (Å²) in [7, 11) is -0.787. The highest BCUT2D eigenvalue weighted by Crippen LogP contribution is 1.93. The van der Waals surface area contributed by atoms with E-state index >= 15 is 0 Å². The second-order valence-electron chi connectivity index (χ2n) is 3.63. The normalized spacial score (nSPS) is 10.7. The Bertz CT molecular complexity index is 259. The number of rotatable bonds is 7. The molecule has 0 saturated heterocycles. The molecule has 0 heterocycles. The molecular weight excluding hydrogens is 246 g/mol. The van der Waals surface area contributed by atoms with Crippen LogP contribution < -0.4 is 0 Å². The van der Waals surface area contributed by atoms with E-state index in [1.807, 2.05) is 34.7 Å². The van der Waals surface area contributed by atoms with Crippen molar-refractivity contribution in [3.05, 3.63) is 12.2 Å². The minimum atomic E-state index is -2.79. The standard InChI is InChI=1S/C10H21NO2S.2C2H6/c1-4-5-6-8-11(2)9-7-10-14(3,12)13;2*1-2/h5-6H,4,7-10H2,1-3H3;2*1-2H3/b6-5-;;. The van der Waals surface area contributed by atoms with E-state index in [0.29, 0.717) is 0 Å². The summed E-state index contributed by atoms with van der Waals surface area (Å²) in [6, 6.07) is 0. The summed E-state index contributed by atoms with van der Waals surface area (Å²) in [5.41, 5.74) is 0. The highest BCUT2D eigenvalue weighted by molar-refractivity contribution is 7.90. The molecule has 0 spiro atoms. The van der Waals surface area contributed by atoms with E-state index in [-0.39, 0.29) is 5.75 Å². The second kappa shape index (κ2) is 16.6. The van der Waals surface area contributed by atoms with Gasteiger partial charge in [0.05, 0.1) is 5.75 Å². The van der Waals surface area contributed by atoms with Crippen LogP contribution in [0.4, 0.5) is 0 Å². The number of likely N-dealkylation sites (N-methyl/N-ethyl adjacent to an activating group) is 1. The van der Waals surface area contributed by atoms with E-state index in [1.165, 1.54) is 6.26 Å². The number of allylic oxidation sites excluding steroid dienone is 1. The molecule has 0 saturated carbocycles. The van der Waals surface area contributed by atoms with Gasteiger partial charge in [-0.2, -0.15) is 0 Å². The zero-order valence-electron chi connectivity index (χ0n) is 13.4. The maximum Gasteiger partial charge on any atom is 0.147 e. The number of sulfone groups is 1. The SMILES string of the molecule is CC.CC.CC/C=C\CN(C)CCCS(C)(=O)=O. The Morgan fingerprint density at radius 3 is 1.94 bits per heavy atom. The molecule has 3 nitrogen and oxygen atoms in total. The molecule has 0 aromatic carbocycles. The van der Waals surface area contributed by atoms with E-state index in [1.54, 1.807) is 0 Å². The molecular formula is C14H33NO2S. The summed E-state index contributed by atoms with van der Waals surface area (Å²) in [6.45, 7) is 11.8. The molecule has 0 aromatic heterocycles. The van der Waals surface area contributed by atoms with Crippen LogP contribution in [0.15, 0.2) is 12.2 Å². The molecule has 0 aliphatic rings. The van der Waals surface area contributed by atoms with Crippen LogP contribution in [0, 0.1) is 0 Å². The van der Waals surface area contributed by atoms with Crippen molar-refractivity contribution >= 4 is 9.84 Å². The third-order valence-corrected chi connectivity index (χ3v) is 2.90. The average Bonchev–Trinajstić information content (AvgIpc) is 2.33. The summed E-state index contributed by atoms with van der Waals surface area (Å²) >= 11 is 0. The van der Waals surface area contributed by atoms with E-state index in [0.717, 1.165) is 25.9 Å². The molecule has 112 valence electrons. The fraction of sp³-hybridized carbons (Fsp3) is 0.857. The molecule has 0 atom stereocenters. The van der Waals surface area contributed by atoms with Crippen molar-refractivity contribution in [1.29, 1.82) is 0 Å². The van der Waals surface area contributed by atoms with E-state index in [2.05, 4.69) is 24.0 Å². The third kappa shape index (κ3) is 24.7. The lowest BCUT2D eigenvalue weighted by atomic mass is 10.4. The lowest BCUT2D eigenvalue weighted by Gasteiger charge is -2.13. The molecule has 4 heteroatoms. The summed E-state index contributed by atoms with van der Waals surface area (Å²) < 4.78 is 21.7. The van der Waals surface area contributed by atoms with Crippen molar-refractivity contribution in [1.82, 2.24) is 4.90 Å². The molecule has 0 aliphatic heterocycles. The van der Waals surface area contributed by atoms with Crippen LogP contribution in [0.2, 0.25) is 0 Å². The second-order valence-corrected chi connectivity index (χ2v) is 5.89. The van der Waals surface area contributed by atoms with Crippen molar-refractivity contribution in [2.24, 2.45) is 0 Å². The fourth-order valence-corrected chi connectivity index (χ4v) is 1.76. The Hall–Kier alpha value is -0.350. The van der Waals surface area contributed by atoms with Crippen molar-refractivity contribution in [3.8, 4) is 0 Å². The van der Waals surface area contributed by atoms with Crippen molar-refractivity contribution in [2.45, 2.75) is 47.5 Å². The zero-order chi connectivity index (χ0) is 15.0. The Kier molecular flexibility index (Phi) is 21.1. The van der Waals surface area contributed by atoms with Crippen LogP contribution in [0.5, 0.6) is 0 Å². The first-order chi connectivity index (χ1) is 8.45. The van der Waals surface area contributed by atoms with Gasteiger partial charge in [-0.15, -0.1) is 0 Å². The lowest BCUT2D eigenvalue weighted by molar-refractivity contribution is 0.370. The Morgan fingerprint density at radius 1 is 1.06 bits per heavy atom. The van der Waals surface area contributed by atoms with Gasteiger partial charge in [-0.3, -0.25) is 0 Å². The van der Waals surface area contributed by atoms with Crippen LogP contribution in [-0.2, 0) is 9.84 Å². The first-order valence-electron chi connectivity index (χ1n) is 6.97. The molecule has 0 rings (SSSR count). The van der Waals surface area contributed by atoms with Crippen molar-refractivity contribution in [3.63, 3.8) is 0 Å². The van der Waals surface area contributed by atoms with Gasteiger partial charge in [0.25, 0.3) is 0 Å². The first-order valence-corrected chi connectivity index (χ1v) is 9.03. The van der Waals surface area contributed by atoms with Crippen LogP contribution in [0.1, 0.15) is 47.5 Å². The largest absolute Gasteiger partial charge is 0.303 e. The van der Waals surface area contributed by atoms with Gasteiger partial charge in [-0.1, -0.05) is 46.8 Å². The van der Waals surface area contributed by atoms with Crippen molar-refractivity contribution in [2.75, 3.05) is 32.1 Å². The molecule has 0 fully saturated rings. The van der Waals surface area contributed by atoms with Gasteiger partial charge >= 0.3 is 0 Å². The summed E-state index contributed by atoms with van der Waals surface area (Å²) in [6.07, 6.45) is 7.28. The van der Waals surface area contributed by atoms with Crippen LogP contribution >= 0.6 is 0 Å². The maximum absolute atomic E-state index is 10.8. The average molecular weight is 279 g/mol. The minimum absolute atomic E-state index is 0.287. The molecule has 0 radical (unpaired) electrons. The van der Waals surface area contributed by atoms with Gasteiger partial charge in [0.2, 0.25) is 0 Å². The Morgan fingerprint density at radius 2 is 1.56 bits per heavy atom. The molecule has 18 heavy (non-hydrogen) atoms. The molecule has 0 aromatic rings. The smallest absolute Gasteiger partial charge is 0.147 e. The summed E-state index contributed by atoms with van der Waals surface area (Å²) in [5, 5.41) is 0. The Labute approximate surface area is 115 Å². The van der Waals surface area contributed by atoms with E-state index < -0.39 is 9.84 Å². The molecule has 0 N–H and O–H groups in total. The van der Waals surface area contributed by atoms with Crippen LogP contribution in [0.3, 0.4) is 0 Å². The topological polar surface area (TPSA) is 37.4 Å². The highest BCUT2D eigenvalue weighted by atomic mass is 32.2. The fourth-order valence-electron chi connectivity index (χ4n) is 1.11. The predicted molar refractivity (Wildman–Crippen MR) is 84.0 cm³/mol. The van der Waals surface area contributed by atoms with Crippen molar-refractivity contribution < 1.29 is 8.42 Å². The number of hydrogen-bond donors (Lipinski definition) is 0. The Balaban J connectivity index is -0.000000506. The van der Waals surface area contributed by atoms with Gasteiger partial charge in [-0.25, -0.2) is 8.42 Å². The first kappa shape index (κ1) is 22.8. The van der Waals surface area contributed by atoms with Crippen LogP contribution in [-0.4, -0.2) is 45.5 Å². The van der Waals surface area contributed by atoms with Gasteiger partial charge < -0.3 is 4.90 Å². The molecule has 0 unspecified atom stereocenters.